The van der Waals surface area contributed by atoms with Crippen molar-refractivity contribution in [1.82, 2.24) is 4.98 Å². The molecule has 0 bridgehead atoms. The van der Waals surface area contributed by atoms with E-state index in [1.54, 1.807) is 26.5 Å². The average Bonchev–Trinajstić information content (AvgIpc) is 3.17. The number of aromatic nitrogens is 1. The number of carbonyl (C=O) groups excluding carboxylic acids is 1. The normalized spacial score (nSPS) is 13.6. The monoisotopic (exact) mass is 341 g/mol. The van der Waals surface area contributed by atoms with Crippen LogP contribution in [0.5, 0.6) is 11.5 Å². The molecule has 1 aromatic carbocycles. The third-order valence-electron chi connectivity index (χ3n) is 4.27. The van der Waals surface area contributed by atoms with Crippen LogP contribution in [0.1, 0.15) is 18.4 Å². The fourth-order valence-corrected chi connectivity index (χ4v) is 2.97. The van der Waals surface area contributed by atoms with Gasteiger partial charge in [0.15, 0.2) is 11.5 Å². The second-order valence-electron chi connectivity index (χ2n) is 6.01. The topological polar surface area (TPSA) is 63.7 Å². The van der Waals surface area contributed by atoms with E-state index < -0.39 is 0 Å². The molecule has 1 aromatic heterocycles. The summed E-state index contributed by atoms with van der Waals surface area (Å²) in [6.07, 6.45) is 4.39. The summed E-state index contributed by atoms with van der Waals surface area (Å²) in [7, 11) is 3.17. The van der Waals surface area contributed by atoms with Crippen LogP contribution in [0, 0.1) is 0 Å². The molecule has 1 amide bonds. The predicted octanol–water partition coefficient (Wildman–Crippen LogP) is 2.88. The molecule has 25 heavy (non-hydrogen) atoms. The summed E-state index contributed by atoms with van der Waals surface area (Å²) in [6, 6.07) is 9.32. The molecule has 0 aliphatic carbocycles. The lowest BCUT2D eigenvalue weighted by Gasteiger charge is -2.16. The largest absolute Gasteiger partial charge is 0.493 e. The van der Waals surface area contributed by atoms with Crippen LogP contribution in [0.3, 0.4) is 0 Å². The second-order valence-corrected chi connectivity index (χ2v) is 6.01. The van der Waals surface area contributed by atoms with Gasteiger partial charge < -0.3 is 19.7 Å². The Hall–Kier alpha value is -2.76. The fourth-order valence-electron chi connectivity index (χ4n) is 2.97. The van der Waals surface area contributed by atoms with E-state index in [0.717, 1.165) is 24.5 Å². The van der Waals surface area contributed by atoms with Crippen LogP contribution >= 0.6 is 0 Å². The van der Waals surface area contributed by atoms with Gasteiger partial charge in [-0.15, -0.1) is 0 Å². The van der Waals surface area contributed by atoms with Crippen LogP contribution in [0.4, 0.5) is 11.5 Å². The highest BCUT2D eigenvalue weighted by Gasteiger charge is 2.13. The number of amides is 1. The van der Waals surface area contributed by atoms with Crippen LogP contribution in [0.2, 0.25) is 0 Å². The van der Waals surface area contributed by atoms with Gasteiger partial charge in [-0.05, 0) is 42.7 Å². The number of hydrogen-bond donors (Lipinski definition) is 1. The van der Waals surface area contributed by atoms with Crippen molar-refractivity contribution in [3.8, 4) is 11.5 Å². The van der Waals surface area contributed by atoms with E-state index in [4.69, 9.17) is 9.47 Å². The van der Waals surface area contributed by atoms with Crippen molar-refractivity contribution >= 4 is 17.4 Å². The minimum Gasteiger partial charge on any atom is -0.493 e. The SMILES string of the molecule is COc1ccc(CC(=O)Nc2ccc(N3CCCC3)nc2)cc1OC. The van der Waals surface area contributed by atoms with Gasteiger partial charge in [0, 0.05) is 13.1 Å². The lowest BCUT2D eigenvalue weighted by Crippen LogP contribution is -2.19. The van der Waals surface area contributed by atoms with E-state index in [9.17, 15) is 4.79 Å². The third kappa shape index (κ3) is 4.21. The maximum atomic E-state index is 12.3. The number of pyridine rings is 1. The molecule has 2 aromatic rings. The van der Waals surface area contributed by atoms with E-state index in [2.05, 4.69) is 15.2 Å². The van der Waals surface area contributed by atoms with Gasteiger partial charge >= 0.3 is 0 Å². The van der Waals surface area contributed by atoms with Crippen molar-refractivity contribution in [3.63, 3.8) is 0 Å². The first-order valence-electron chi connectivity index (χ1n) is 8.41. The van der Waals surface area contributed by atoms with Crippen molar-refractivity contribution < 1.29 is 14.3 Å². The Morgan fingerprint density at radius 1 is 1.12 bits per heavy atom. The van der Waals surface area contributed by atoms with E-state index in [-0.39, 0.29) is 12.3 Å². The first-order chi connectivity index (χ1) is 12.2. The highest BCUT2D eigenvalue weighted by molar-refractivity contribution is 5.92. The van der Waals surface area contributed by atoms with Crippen molar-refractivity contribution in [2.24, 2.45) is 0 Å². The number of nitrogens with zero attached hydrogens (tertiary/aromatic N) is 2. The number of nitrogens with one attached hydrogen (secondary N) is 1. The Bertz CT molecular complexity index is 725. The number of anilines is 2. The van der Waals surface area contributed by atoms with Crippen molar-refractivity contribution in [2.75, 3.05) is 37.5 Å². The molecule has 0 spiro atoms. The average molecular weight is 341 g/mol. The molecular formula is C19H23N3O3. The van der Waals surface area contributed by atoms with E-state index in [1.807, 2.05) is 24.3 Å². The van der Waals surface area contributed by atoms with Crippen molar-refractivity contribution in [1.29, 1.82) is 0 Å². The molecule has 1 fully saturated rings. The molecule has 0 atom stereocenters. The van der Waals surface area contributed by atoms with E-state index in [0.29, 0.717) is 17.2 Å². The lowest BCUT2D eigenvalue weighted by molar-refractivity contribution is -0.115. The van der Waals surface area contributed by atoms with Crippen molar-refractivity contribution in [2.45, 2.75) is 19.3 Å². The molecule has 1 N–H and O–H groups in total. The maximum Gasteiger partial charge on any atom is 0.228 e. The molecule has 6 nitrogen and oxygen atoms in total. The first kappa shape index (κ1) is 17.1. The van der Waals surface area contributed by atoms with Crippen LogP contribution in [0.15, 0.2) is 36.5 Å². The fraction of sp³-hybridized carbons (Fsp3) is 0.368. The van der Waals surface area contributed by atoms with Crippen LogP contribution in [0.25, 0.3) is 0 Å². The quantitative estimate of drug-likeness (QED) is 0.875. The summed E-state index contributed by atoms with van der Waals surface area (Å²) in [4.78, 5) is 19.0. The Morgan fingerprint density at radius 3 is 2.52 bits per heavy atom. The van der Waals surface area contributed by atoms with E-state index >= 15 is 0 Å². The van der Waals surface area contributed by atoms with Crippen LogP contribution in [-0.2, 0) is 11.2 Å². The predicted molar refractivity (Wildman–Crippen MR) is 97.6 cm³/mol. The highest BCUT2D eigenvalue weighted by atomic mass is 16.5. The highest BCUT2D eigenvalue weighted by Crippen LogP contribution is 2.27. The van der Waals surface area contributed by atoms with Gasteiger partial charge in [0.05, 0.1) is 32.5 Å². The van der Waals surface area contributed by atoms with Gasteiger partial charge in [0.25, 0.3) is 0 Å². The number of methoxy groups -OCH3 is 2. The molecule has 132 valence electrons. The summed E-state index contributed by atoms with van der Waals surface area (Å²) in [5.74, 6) is 2.14. The molecule has 2 heterocycles. The lowest BCUT2D eigenvalue weighted by atomic mass is 10.1. The van der Waals surface area contributed by atoms with Gasteiger partial charge in [-0.1, -0.05) is 6.07 Å². The minimum atomic E-state index is -0.0945. The molecule has 1 saturated heterocycles. The molecule has 1 aliphatic heterocycles. The third-order valence-corrected chi connectivity index (χ3v) is 4.27. The van der Waals surface area contributed by atoms with Crippen LogP contribution in [-0.4, -0.2) is 38.2 Å². The standard InChI is InChI=1S/C19H23N3O3/c1-24-16-7-5-14(11-17(16)25-2)12-19(23)21-15-6-8-18(20-13-15)22-9-3-4-10-22/h5-8,11,13H,3-4,9-10,12H2,1-2H3,(H,21,23). The van der Waals surface area contributed by atoms with Gasteiger partial charge in [-0.3, -0.25) is 4.79 Å². The summed E-state index contributed by atoms with van der Waals surface area (Å²) in [6.45, 7) is 2.11. The summed E-state index contributed by atoms with van der Waals surface area (Å²) in [5, 5.41) is 2.88. The first-order valence-corrected chi connectivity index (χ1v) is 8.41. The number of ether oxygens (including phenoxy) is 2. The summed E-state index contributed by atoms with van der Waals surface area (Å²) >= 11 is 0. The number of carbonyl (C=O) groups is 1. The van der Waals surface area contributed by atoms with Gasteiger partial charge in [0.2, 0.25) is 5.91 Å². The zero-order valence-electron chi connectivity index (χ0n) is 14.6. The molecule has 0 saturated carbocycles. The number of benzene rings is 1. The number of rotatable bonds is 6. The molecular weight excluding hydrogens is 318 g/mol. The van der Waals surface area contributed by atoms with Gasteiger partial charge in [-0.25, -0.2) is 4.98 Å². The van der Waals surface area contributed by atoms with E-state index in [1.165, 1.54) is 12.8 Å². The Balaban J connectivity index is 1.60. The Kier molecular flexibility index (Phi) is 5.38. The minimum absolute atomic E-state index is 0.0945. The van der Waals surface area contributed by atoms with Gasteiger partial charge in [-0.2, -0.15) is 0 Å². The smallest absolute Gasteiger partial charge is 0.228 e. The summed E-state index contributed by atoms with van der Waals surface area (Å²) < 4.78 is 10.5. The van der Waals surface area contributed by atoms with Crippen LogP contribution < -0.4 is 19.7 Å². The number of hydrogen-bond acceptors (Lipinski definition) is 5. The van der Waals surface area contributed by atoms with Crippen molar-refractivity contribution in [3.05, 3.63) is 42.1 Å². The molecule has 6 heteroatoms. The Labute approximate surface area is 147 Å². The Morgan fingerprint density at radius 2 is 1.88 bits per heavy atom. The maximum absolute atomic E-state index is 12.3. The summed E-state index contributed by atoms with van der Waals surface area (Å²) in [5.41, 5.74) is 1.56. The van der Waals surface area contributed by atoms with Gasteiger partial charge in [0.1, 0.15) is 5.82 Å². The molecule has 1 aliphatic rings. The molecule has 0 unspecified atom stereocenters. The molecule has 0 radical (unpaired) electrons. The zero-order valence-corrected chi connectivity index (χ0v) is 14.6. The second kappa shape index (κ2) is 7.88. The molecule has 3 rings (SSSR count). The zero-order chi connectivity index (χ0) is 17.6.